The van der Waals surface area contributed by atoms with Gasteiger partial charge in [-0.2, -0.15) is 0 Å². The molecule has 2 nitrogen and oxygen atoms in total. The van der Waals surface area contributed by atoms with E-state index in [0.29, 0.717) is 5.88 Å². The Morgan fingerprint density at radius 3 is 2.47 bits per heavy atom. The Bertz CT molecular complexity index is 370. The minimum atomic E-state index is 0.602. The first-order valence-corrected chi connectivity index (χ1v) is 6.91. The number of hydrogen-bond donors (Lipinski definition) is 0. The van der Waals surface area contributed by atoms with Crippen LogP contribution in [0.2, 0.25) is 0 Å². The standard InChI is InChI=1S/C14H21ClN2/c1-3-16-6-8-17(9-7-16)14-5-4-12(2)10-13(14)11-15/h4-5,10H,3,6-9,11H2,1-2H3. The van der Waals surface area contributed by atoms with Crippen LogP contribution in [-0.4, -0.2) is 37.6 Å². The molecule has 0 unspecified atom stereocenters. The lowest BCUT2D eigenvalue weighted by Gasteiger charge is -2.36. The van der Waals surface area contributed by atoms with Gasteiger partial charge in [0.25, 0.3) is 0 Å². The average Bonchev–Trinajstić information content (AvgIpc) is 2.39. The summed E-state index contributed by atoms with van der Waals surface area (Å²) in [6.45, 7) is 10.0. The number of benzene rings is 1. The SMILES string of the molecule is CCN1CCN(c2ccc(C)cc2CCl)CC1. The van der Waals surface area contributed by atoms with Gasteiger partial charge >= 0.3 is 0 Å². The fourth-order valence-electron chi connectivity index (χ4n) is 2.43. The molecule has 0 N–H and O–H groups in total. The van der Waals surface area contributed by atoms with E-state index in [1.165, 1.54) is 16.8 Å². The number of hydrogen-bond acceptors (Lipinski definition) is 2. The zero-order valence-electron chi connectivity index (χ0n) is 10.7. The van der Waals surface area contributed by atoms with Crippen molar-refractivity contribution in [3.63, 3.8) is 0 Å². The predicted octanol–water partition coefficient (Wildman–Crippen LogP) is 2.88. The summed E-state index contributed by atoms with van der Waals surface area (Å²) in [5.74, 6) is 0.602. The number of piperazine rings is 1. The van der Waals surface area contributed by atoms with Gasteiger partial charge in [-0.05, 0) is 25.1 Å². The van der Waals surface area contributed by atoms with Crippen LogP contribution < -0.4 is 4.90 Å². The van der Waals surface area contributed by atoms with E-state index in [9.17, 15) is 0 Å². The predicted molar refractivity (Wildman–Crippen MR) is 75.1 cm³/mol. The van der Waals surface area contributed by atoms with Crippen LogP contribution in [0.4, 0.5) is 5.69 Å². The van der Waals surface area contributed by atoms with Gasteiger partial charge < -0.3 is 9.80 Å². The van der Waals surface area contributed by atoms with E-state index in [0.717, 1.165) is 32.7 Å². The first-order chi connectivity index (χ1) is 8.24. The quantitative estimate of drug-likeness (QED) is 0.764. The Morgan fingerprint density at radius 2 is 1.88 bits per heavy atom. The highest BCUT2D eigenvalue weighted by atomic mass is 35.5. The van der Waals surface area contributed by atoms with Crippen molar-refractivity contribution in [2.75, 3.05) is 37.6 Å². The van der Waals surface area contributed by atoms with Gasteiger partial charge in [0.1, 0.15) is 0 Å². The zero-order valence-corrected chi connectivity index (χ0v) is 11.5. The summed E-state index contributed by atoms with van der Waals surface area (Å²) >= 11 is 6.04. The molecule has 0 aromatic heterocycles. The molecule has 2 rings (SSSR count). The first kappa shape index (κ1) is 12.7. The molecule has 1 aliphatic rings. The van der Waals surface area contributed by atoms with Crippen molar-refractivity contribution in [2.45, 2.75) is 19.7 Å². The van der Waals surface area contributed by atoms with Gasteiger partial charge in [0.2, 0.25) is 0 Å². The maximum absolute atomic E-state index is 6.04. The Hall–Kier alpha value is -0.730. The second-order valence-electron chi connectivity index (χ2n) is 4.69. The van der Waals surface area contributed by atoms with Crippen molar-refractivity contribution in [2.24, 2.45) is 0 Å². The third kappa shape index (κ3) is 2.93. The Labute approximate surface area is 109 Å². The molecular weight excluding hydrogens is 232 g/mol. The maximum atomic E-state index is 6.04. The third-order valence-electron chi connectivity index (χ3n) is 3.54. The van der Waals surface area contributed by atoms with Crippen molar-refractivity contribution in [3.8, 4) is 0 Å². The first-order valence-electron chi connectivity index (χ1n) is 6.37. The molecule has 0 amide bonds. The topological polar surface area (TPSA) is 6.48 Å². The number of rotatable bonds is 3. The van der Waals surface area contributed by atoms with Crippen LogP contribution in [0.1, 0.15) is 18.1 Å². The fraction of sp³-hybridized carbons (Fsp3) is 0.571. The van der Waals surface area contributed by atoms with Crippen molar-refractivity contribution in [3.05, 3.63) is 29.3 Å². The summed E-state index contributed by atoms with van der Waals surface area (Å²) in [6, 6.07) is 6.60. The molecule has 1 saturated heterocycles. The van der Waals surface area contributed by atoms with Gasteiger partial charge in [-0.15, -0.1) is 11.6 Å². The summed E-state index contributed by atoms with van der Waals surface area (Å²) in [7, 11) is 0. The van der Waals surface area contributed by atoms with Crippen LogP contribution in [0.3, 0.4) is 0 Å². The van der Waals surface area contributed by atoms with E-state index in [4.69, 9.17) is 11.6 Å². The van der Waals surface area contributed by atoms with Crippen molar-refractivity contribution < 1.29 is 0 Å². The molecule has 17 heavy (non-hydrogen) atoms. The van der Waals surface area contributed by atoms with Gasteiger partial charge in [0, 0.05) is 37.7 Å². The van der Waals surface area contributed by atoms with Crippen molar-refractivity contribution in [1.29, 1.82) is 0 Å². The Morgan fingerprint density at radius 1 is 1.18 bits per heavy atom. The second-order valence-corrected chi connectivity index (χ2v) is 4.95. The minimum absolute atomic E-state index is 0.602. The molecule has 0 bridgehead atoms. The summed E-state index contributed by atoms with van der Waals surface area (Å²) in [5.41, 5.74) is 3.87. The second kappa shape index (κ2) is 5.74. The van der Waals surface area contributed by atoms with Gasteiger partial charge in [-0.1, -0.05) is 24.6 Å². The smallest absolute Gasteiger partial charge is 0.0494 e. The lowest BCUT2D eigenvalue weighted by atomic mass is 10.1. The van der Waals surface area contributed by atoms with Crippen LogP contribution in [0, 0.1) is 6.92 Å². The number of nitrogens with zero attached hydrogens (tertiary/aromatic N) is 2. The monoisotopic (exact) mass is 252 g/mol. The molecule has 1 aromatic carbocycles. The molecule has 94 valence electrons. The summed E-state index contributed by atoms with van der Waals surface area (Å²) in [4.78, 5) is 4.95. The molecule has 0 atom stereocenters. The molecule has 0 spiro atoms. The largest absolute Gasteiger partial charge is 0.369 e. The van der Waals surface area contributed by atoms with Crippen molar-refractivity contribution >= 4 is 17.3 Å². The van der Waals surface area contributed by atoms with Crippen LogP contribution in [0.25, 0.3) is 0 Å². The van der Waals surface area contributed by atoms with Gasteiger partial charge in [0.05, 0.1) is 0 Å². The zero-order chi connectivity index (χ0) is 12.3. The van der Waals surface area contributed by atoms with Gasteiger partial charge in [-0.3, -0.25) is 0 Å². The molecule has 1 fully saturated rings. The van der Waals surface area contributed by atoms with E-state index >= 15 is 0 Å². The van der Waals surface area contributed by atoms with Crippen molar-refractivity contribution in [1.82, 2.24) is 4.90 Å². The summed E-state index contributed by atoms with van der Waals surface area (Å²) < 4.78 is 0. The van der Waals surface area contributed by atoms with Gasteiger partial charge in [0.15, 0.2) is 0 Å². The van der Waals surface area contributed by atoms with E-state index in [-0.39, 0.29) is 0 Å². The molecular formula is C14H21ClN2. The lowest BCUT2D eigenvalue weighted by Crippen LogP contribution is -2.46. The Balaban J connectivity index is 2.12. The van der Waals surface area contributed by atoms with E-state index < -0.39 is 0 Å². The number of halogens is 1. The number of alkyl halides is 1. The fourth-order valence-corrected chi connectivity index (χ4v) is 2.65. The molecule has 0 aliphatic carbocycles. The highest BCUT2D eigenvalue weighted by Crippen LogP contribution is 2.24. The van der Waals surface area contributed by atoms with E-state index in [1.54, 1.807) is 0 Å². The molecule has 0 saturated carbocycles. The van der Waals surface area contributed by atoms with E-state index in [1.807, 2.05) is 0 Å². The number of anilines is 1. The number of aryl methyl sites for hydroxylation is 1. The molecule has 1 aliphatic heterocycles. The van der Waals surface area contributed by atoms with Crippen LogP contribution in [-0.2, 0) is 5.88 Å². The van der Waals surface area contributed by atoms with Crippen LogP contribution in [0.15, 0.2) is 18.2 Å². The average molecular weight is 253 g/mol. The summed E-state index contributed by atoms with van der Waals surface area (Å²) in [5, 5.41) is 0. The number of likely N-dealkylation sites (N-methyl/N-ethyl adjacent to an activating group) is 1. The molecule has 1 aromatic rings. The molecule has 1 heterocycles. The van der Waals surface area contributed by atoms with E-state index in [2.05, 4.69) is 41.8 Å². The van der Waals surface area contributed by atoms with Crippen LogP contribution >= 0.6 is 11.6 Å². The molecule has 3 heteroatoms. The third-order valence-corrected chi connectivity index (χ3v) is 3.83. The Kier molecular flexibility index (Phi) is 4.30. The lowest BCUT2D eigenvalue weighted by molar-refractivity contribution is 0.271. The maximum Gasteiger partial charge on any atom is 0.0494 e. The van der Waals surface area contributed by atoms with Crippen LogP contribution in [0.5, 0.6) is 0 Å². The molecule has 0 radical (unpaired) electrons. The summed E-state index contributed by atoms with van der Waals surface area (Å²) in [6.07, 6.45) is 0. The normalized spacial score (nSPS) is 17.5. The highest BCUT2D eigenvalue weighted by molar-refractivity contribution is 6.17. The highest BCUT2D eigenvalue weighted by Gasteiger charge is 2.17. The van der Waals surface area contributed by atoms with Gasteiger partial charge in [-0.25, -0.2) is 0 Å². The minimum Gasteiger partial charge on any atom is -0.369 e.